The van der Waals surface area contributed by atoms with Gasteiger partial charge in [0, 0.05) is 37.2 Å². The molecule has 0 spiro atoms. The molecule has 2 heterocycles. The van der Waals surface area contributed by atoms with Crippen LogP contribution in [-0.2, 0) is 13.0 Å². The molecule has 0 amide bonds. The maximum absolute atomic E-state index is 4.87. The lowest BCUT2D eigenvalue weighted by atomic mass is 10.2. The van der Waals surface area contributed by atoms with Gasteiger partial charge < -0.3 is 9.88 Å². The lowest BCUT2D eigenvalue weighted by Crippen LogP contribution is -2.24. The minimum atomic E-state index is 0.802. The molecule has 2 fully saturated rings. The van der Waals surface area contributed by atoms with E-state index in [1.807, 2.05) is 0 Å². The molecule has 0 saturated heterocycles. The first-order chi connectivity index (χ1) is 7.43. The molecule has 3 nitrogen and oxygen atoms in total. The number of hydrogen-bond donors (Lipinski definition) is 1. The van der Waals surface area contributed by atoms with Crippen molar-refractivity contribution < 1.29 is 0 Å². The highest BCUT2D eigenvalue weighted by Gasteiger charge is 2.37. The molecule has 3 heteroatoms. The summed E-state index contributed by atoms with van der Waals surface area (Å²) in [5.41, 5.74) is 2.90. The van der Waals surface area contributed by atoms with Gasteiger partial charge in [-0.1, -0.05) is 0 Å². The van der Waals surface area contributed by atoms with Gasteiger partial charge in [0.2, 0.25) is 0 Å². The van der Waals surface area contributed by atoms with E-state index < -0.39 is 0 Å². The maximum atomic E-state index is 4.87. The van der Waals surface area contributed by atoms with Gasteiger partial charge in [-0.3, -0.25) is 0 Å². The Balaban J connectivity index is 1.85. The predicted octanol–water partition coefficient (Wildman–Crippen LogP) is 1.74. The molecule has 1 aromatic heterocycles. The standard InChI is InChI=1S/C12H17N3/c1-2-8(1)12-14-10-7-13-6-5-11(10)15(12)9-3-4-9/h8-9,13H,1-7H2. The minimum Gasteiger partial charge on any atom is -0.328 e. The van der Waals surface area contributed by atoms with Gasteiger partial charge in [-0.25, -0.2) is 4.98 Å². The molecule has 80 valence electrons. The number of nitrogens with one attached hydrogen (secondary N) is 1. The van der Waals surface area contributed by atoms with E-state index in [2.05, 4.69) is 9.88 Å². The Morgan fingerprint density at radius 3 is 2.80 bits per heavy atom. The van der Waals surface area contributed by atoms with Gasteiger partial charge >= 0.3 is 0 Å². The second-order valence-corrected chi connectivity index (χ2v) is 5.17. The summed E-state index contributed by atoms with van der Waals surface area (Å²) in [6, 6.07) is 0.815. The van der Waals surface area contributed by atoms with Crippen LogP contribution in [0.2, 0.25) is 0 Å². The molecule has 0 aromatic carbocycles. The van der Waals surface area contributed by atoms with Crippen LogP contribution in [-0.4, -0.2) is 16.1 Å². The highest BCUT2D eigenvalue weighted by atomic mass is 15.2. The second kappa shape index (κ2) is 2.85. The van der Waals surface area contributed by atoms with Crippen LogP contribution in [0.5, 0.6) is 0 Å². The summed E-state index contributed by atoms with van der Waals surface area (Å²) < 4.78 is 2.60. The zero-order chi connectivity index (χ0) is 9.83. The Morgan fingerprint density at radius 1 is 1.20 bits per heavy atom. The summed E-state index contributed by atoms with van der Waals surface area (Å²) >= 11 is 0. The van der Waals surface area contributed by atoms with E-state index in [4.69, 9.17) is 4.98 Å². The number of hydrogen-bond acceptors (Lipinski definition) is 2. The van der Waals surface area contributed by atoms with Crippen molar-refractivity contribution in [2.24, 2.45) is 0 Å². The van der Waals surface area contributed by atoms with Crippen molar-refractivity contribution >= 4 is 0 Å². The van der Waals surface area contributed by atoms with Gasteiger partial charge in [0.15, 0.2) is 0 Å². The van der Waals surface area contributed by atoms with E-state index >= 15 is 0 Å². The highest BCUT2D eigenvalue weighted by Crippen LogP contribution is 2.46. The van der Waals surface area contributed by atoms with E-state index in [1.54, 1.807) is 5.69 Å². The lowest BCUT2D eigenvalue weighted by Gasteiger charge is -2.15. The van der Waals surface area contributed by atoms with Crippen LogP contribution in [0, 0.1) is 0 Å². The van der Waals surface area contributed by atoms with Crippen molar-refractivity contribution in [3.05, 3.63) is 17.2 Å². The summed E-state index contributed by atoms with van der Waals surface area (Å²) in [5.74, 6) is 2.22. The van der Waals surface area contributed by atoms with E-state index in [0.717, 1.165) is 25.0 Å². The molecule has 2 aliphatic carbocycles. The molecule has 0 unspecified atom stereocenters. The average Bonchev–Trinajstić information content (AvgIpc) is 3.14. The van der Waals surface area contributed by atoms with Gasteiger partial charge in [0.25, 0.3) is 0 Å². The van der Waals surface area contributed by atoms with Gasteiger partial charge in [-0.15, -0.1) is 0 Å². The van der Waals surface area contributed by atoms with Crippen LogP contribution >= 0.6 is 0 Å². The van der Waals surface area contributed by atoms with Crippen LogP contribution < -0.4 is 5.32 Å². The predicted molar refractivity (Wildman–Crippen MR) is 57.9 cm³/mol. The van der Waals surface area contributed by atoms with Crippen LogP contribution in [0.4, 0.5) is 0 Å². The zero-order valence-corrected chi connectivity index (χ0v) is 9.00. The molecule has 0 radical (unpaired) electrons. The third-order valence-corrected chi connectivity index (χ3v) is 3.81. The fourth-order valence-electron chi connectivity index (χ4n) is 2.72. The zero-order valence-electron chi connectivity index (χ0n) is 9.00. The number of rotatable bonds is 2. The van der Waals surface area contributed by atoms with Crippen LogP contribution in [0.15, 0.2) is 0 Å². The molecule has 15 heavy (non-hydrogen) atoms. The molecular weight excluding hydrogens is 186 g/mol. The Labute approximate surface area is 89.9 Å². The summed E-state index contributed by atoms with van der Waals surface area (Å²) in [7, 11) is 0. The Kier molecular flexibility index (Phi) is 1.58. The molecule has 0 atom stereocenters. The summed E-state index contributed by atoms with van der Waals surface area (Å²) in [4.78, 5) is 4.87. The fourth-order valence-corrected chi connectivity index (χ4v) is 2.72. The first kappa shape index (κ1) is 8.34. The molecule has 1 N–H and O–H groups in total. The van der Waals surface area contributed by atoms with Gasteiger partial charge in [-0.05, 0) is 25.7 Å². The Bertz CT molecular complexity index is 399. The van der Waals surface area contributed by atoms with E-state index in [9.17, 15) is 0 Å². The third-order valence-electron chi connectivity index (χ3n) is 3.81. The number of imidazole rings is 1. The largest absolute Gasteiger partial charge is 0.328 e. The molecule has 1 aromatic rings. The van der Waals surface area contributed by atoms with Gasteiger partial charge in [-0.2, -0.15) is 0 Å². The summed E-state index contributed by atoms with van der Waals surface area (Å²) in [6.07, 6.45) is 6.70. The number of fused-ring (bicyclic) bond motifs is 1. The van der Waals surface area contributed by atoms with Gasteiger partial charge in [0.1, 0.15) is 5.82 Å². The monoisotopic (exact) mass is 203 g/mol. The second-order valence-electron chi connectivity index (χ2n) is 5.17. The average molecular weight is 203 g/mol. The van der Waals surface area contributed by atoms with Crippen molar-refractivity contribution in [3.8, 4) is 0 Å². The molecule has 0 bridgehead atoms. The highest BCUT2D eigenvalue weighted by molar-refractivity contribution is 5.26. The molecule has 1 aliphatic heterocycles. The van der Waals surface area contributed by atoms with Crippen molar-refractivity contribution in [2.45, 2.75) is 50.6 Å². The number of aromatic nitrogens is 2. The summed E-state index contributed by atoms with van der Waals surface area (Å²) in [6.45, 7) is 2.13. The van der Waals surface area contributed by atoms with E-state index in [-0.39, 0.29) is 0 Å². The quantitative estimate of drug-likeness (QED) is 0.793. The van der Waals surface area contributed by atoms with Crippen molar-refractivity contribution in [1.29, 1.82) is 0 Å². The topological polar surface area (TPSA) is 29.9 Å². The third kappa shape index (κ3) is 1.26. The molecule has 3 aliphatic rings. The normalized spacial score (nSPS) is 25.3. The Hall–Kier alpha value is -0.830. The van der Waals surface area contributed by atoms with Crippen LogP contribution in [0.1, 0.15) is 54.9 Å². The molecule has 4 rings (SSSR count). The van der Waals surface area contributed by atoms with Crippen molar-refractivity contribution in [3.63, 3.8) is 0 Å². The van der Waals surface area contributed by atoms with Crippen LogP contribution in [0.25, 0.3) is 0 Å². The smallest absolute Gasteiger partial charge is 0.112 e. The maximum Gasteiger partial charge on any atom is 0.112 e. The van der Waals surface area contributed by atoms with E-state index in [1.165, 1.54) is 43.6 Å². The summed E-state index contributed by atoms with van der Waals surface area (Å²) in [5, 5.41) is 3.42. The molecule has 2 saturated carbocycles. The minimum absolute atomic E-state index is 0.802. The molecular formula is C12H17N3. The fraction of sp³-hybridized carbons (Fsp3) is 0.750. The first-order valence-electron chi connectivity index (χ1n) is 6.24. The first-order valence-corrected chi connectivity index (χ1v) is 6.24. The van der Waals surface area contributed by atoms with Crippen molar-refractivity contribution in [2.75, 3.05) is 6.54 Å². The van der Waals surface area contributed by atoms with Gasteiger partial charge in [0.05, 0.1) is 5.69 Å². The Morgan fingerprint density at radius 2 is 2.07 bits per heavy atom. The van der Waals surface area contributed by atoms with E-state index in [0.29, 0.717) is 0 Å². The SMILES string of the molecule is C1Cc2c(nc(C3CC3)n2C2CC2)CN1. The van der Waals surface area contributed by atoms with Crippen molar-refractivity contribution in [1.82, 2.24) is 14.9 Å². The number of nitrogens with zero attached hydrogens (tertiary/aromatic N) is 2. The lowest BCUT2D eigenvalue weighted by molar-refractivity contribution is 0.585. The van der Waals surface area contributed by atoms with Crippen LogP contribution in [0.3, 0.4) is 0 Å².